The molecule has 12 heteroatoms. The Bertz CT molecular complexity index is 1040. The summed E-state index contributed by atoms with van der Waals surface area (Å²) in [4.78, 5) is 12.8. The SMILES string of the molecule is COCC1(NC2=C(OC)C(O)OC(C(=O)Nc3nnc(-n4nccc4C)s3)=C2)CCCC1. The molecule has 2 aromatic rings. The number of carbonyl (C=O) groups excluding carboxylic acids is 1. The second-order valence-electron chi connectivity index (χ2n) is 7.73. The van der Waals surface area contributed by atoms with E-state index in [4.69, 9.17) is 14.2 Å². The quantitative estimate of drug-likeness (QED) is 0.535. The standard InChI is InChI=1S/C20H26N6O5S/c1-12-6-9-21-26(12)19-25-24-18(32-19)22-16(27)14-10-13(15(30-3)17(28)31-14)23-20(11-29-2)7-4-5-8-20/h6,9-10,17,23,28H,4-5,7-8,11H2,1-3H3,(H,22,24,27). The van der Waals surface area contributed by atoms with Gasteiger partial charge in [0.05, 0.1) is 25.0 Å². The summed E-state index contributed by atoms with van der Waals surface area (Å²) in [7, 11) is 3.10. The Morgan fingerprint density at radius 3 is 2.81 bits per heavy atom. The molecule has 0 radical (unpaired) electrons. The van der Waals surface area contributed by atoms with Crippen LogP contribution in [0.15, 0.2) is 35.6 Å². The lowest BCUT2D eigenvalue weighted by Gasteiger charge is -2.34. The van der Waals surface area contributed by atoms with Crippen LogP contribution in [-0.4, -0.2) is 63.6 Å². The molecule has 3 N–H and O–H groups in total. The van der Waals surface area contributed by atoms with Crippen LogP contribution in [0, 0.1) is 6.92 Å². The van der Waals surface area contributed by atoms with E-state index in [0.29, 0.717) is 17.4 Å². The van der Waals surface area contributed by atoms with Crippen molar-refractivity contribution in [2.45, 2.75) is 44.4 Å². The molecule has 1 unspecified atom stereocenters. The minimum absolute atomic E-state index is 0.0709. The third-order valence-corrected chi connectivity index (χ3v) is 6.29. The summed E-state index contributed by atoms with van der Waals surface area (Å²) >= 11 is 1.17. The average molecular weight is 463 g/mol. The van der Waals surface area contributed by atoms with E-state index in [1.807, 2.05) is 13.0 Å². The van der Waals surface area contributed by atoms with E-state index >= 15 is 0 Å². The number of ether oxygens (including phenoxy) is 3. The Hall–Kier alpha value is -2.96. The Labute approximate surface area is 189 Å². The van der Waals surface area contributed by atoms with Gasteiger partial charge < -0.3 is 24.6 Å². The molecule has 0 saturated heterocycles. The molecule has 172 valence electrons. The maximum absolute atomic E-state index is 12.8. The molecule has 1 saturated carbocycles. The maximum Gasteiger partial charge on any atom is 0.292 e. The number of rotatable bonds is 8. The predicted octanol–water partition coefficient (Wildman–Crippen LogP) is 1.61. The Balaban J connectivity index is 1.54. The molecule has 4 rings (SSSR count). The van der Waals surface area contributed by atoms with Crippen molar-refractivity contribution in [2.24, 2.45) is 0 Å². The van der Waals surface area contributed by atoms with E-state index in [9.17, 15) is 9.90 Å². The lowest BCUT2D eigenvalue weighted by atomic mass is 9.97. The summed E-state index contributed by atoms with van der Waals surface area (Å²) in [6.45, 7) is 2.39. The van der Waals surface area contributed by atoms with Crippen LogP contribution in [0.3, 0.4) is 0 Å². The van der Waals surface area contributed by atoms with Crippen molar-refractivity contribution in [1.29, 1.82) is 0 Å². The molecular formula is C20H26N6O5S. The lowest BCUT2D eigenvalue weighted by molar-refractivity contribution is -0.124. The number of aryl methyl sites for hydroxylation is 1. The number of nitrogens with zero attached hydrogens (tertiary/aromatic N) is 4. The van der Waals surface area contributed by atoms with Gasteiger partial charge in [-0.05, 0) is 25.8 Å². The van der Waals surface area contributed by atoms with Crippen LogP contribution < -0.4 is 10.6 Å². The predicted molar refractivity (Wildman–Crippen MR) is 116 cm³/mol. The summed E-state index contributed by atoms with van der Waals surface area (Å²) in [5.41, 5.74) is 1.09. The molecule has 11 nitrogen and oxygen atoms in total. The molecule has 0 spiro atoms. The second-order valence-corrected chi connectivity index (χ2v) is 8.69. The van der Waals surface area contributed by atoms with Gasteiger partial charge in [0, 0.05) is 25.1 Å². The van der Waals surface area contributed by atoms with Gasteiger partial charge in [-0.15, -0.1) is 10.2 Å². The fourth-order valence-electron chi connectivity index (χ4n) is 3.97. The van der Waals surface area contributed by atoms with E-state index < -0.39 is 12.2 Å². The number of aromatic nitrogens is 4. The van der Waals surface area contributed by atoms with Crippen molar-refractivity contribution in [3.05, 3.63) is 41.2 Å². The first-order valence-corrected chi connectivity index (χ1v) is 11.0. The van der Waals surface area contributed by atoms with Crippen LogP contribution in [-0.2, 0) is 19.0 Å². The minimum atomic E-state index is -1.43. The summed E-state index contributed by atoms with van der Waals surface area (Å²) in [6, 6.07) is 1.84. The third kappa shape index (κ3) is 4.47. The van der Waals surface area contributed by atoms with E-state index in [1.54, 1.807) is 18.0 Å². The first-order chi connectivity index (χ1) is 15.4. The maximum atomic E-state index is 12.8. The van der Waals surface area contributed by atoms with Crippen LogP contribution in [0.4, 0.5) is 5.13 Å². The molecule has 2 aliphatic rings. The van der Waals surface area contributed by atoms with Crippen LogP contribution in [0.2, 0.25) is 0 Å². The van der Waals surface area contributed by atoms with Gasteiger partial charge in [-0.25, -0.2) is 4.68 Å². The van der Waals surface area contributed by atoms with Gasteiger partial charge in [-0.3, -0.25) is 10.1 Å². The number of anilines is 1. The molecule has 3 heterocycles. The van der Waals surface area contributed by atoms with Gasteiger partial charge in [0.1, 0.15) is 0 Å². The fraction of sp³-hybridized carbons (Fsp3) is 0.500. The molecule has 1 aliphatic heterocycles. The highest BCUT2D eigenvalue weighted by atomic mass is 32.1. The van der Waals surface area contributed by atoms with Crippen molar-refractivity contribution in [2.75, 3.05) is 26.1 Å². The molecule has 1 aliphatic carbocycles. The number of aliphatic hydroxyl groups excluding tert-OH is 1. The molecule has 2 aromatic heterocycles. The average Bonchev–Trinajstić information content (AvgIpc) is 3.50. The van der Waals surface area contributed by atoms with Gasteiger partial charge in [-0.2, -0.15) is 5.10 Å². The van der Waals surface area contributed by atoms with E-state index in [2.05, 4.69) is 25.9 Å². The molecule has 0 bridgehead atoms. The molecular weight excluding hydrogens is 436 g/mol. The van der Waals surface area contributed by atoms with Crippen LogP contribution >= 0.6 is 11.3 Å². The highest BCUT2D eigenvalue weighted by molar-refractivity contribution is 7.17. The number of hydrogen-bond acceptors (Lipinski definition) is 10. The summed E-state index contributed by atoms with van der Waals surface area (Å²) in [6.07, 6.45) is 5.71. The highest BCUT2D eigenvalue weighted by Gasteiger charge is 2.37. The van der Waals surface area contributed by atoms with Crippen molar-refractivity contribution >= 4 is 22.4 Å². The monoisotopic (exact) mass is 462 g/mol. The Kier molecular flexibility index (Phi) is 6.44. The largest absolute Gasteiger partial charge is 0.493 e. The number of carbonyl (C=O) groups is 1. The molecule has 1 fully saturated rings. The number of nitrogens with one attached hydrogen (secondary N) is 2. The molecule has 1 amide bonds. The van der Waals surface area contributed by atoms with Crippen LogP contribution in [0.25, 0.3) is 5.13 Å². The van der Waals surface area contributed by atoms with Gasteiger partial charge in [0.25, 0.3) is 12.2 Å². The highest BCUT2D eigenvalue weighted by Crippen LogP contribution is 2.33. The molecule has 32 heavy (non-hydrogen) atoms. The normalized spacial score (nSPS) is 20.0. The molecule has 1 atom stereocenters. The van der Waals surface area contributed by atoms with Crippen molar-refractivity contribution in [3.63, 3.8) is 0 Å². The summed E-state index contributed by atoms with van der Waals surface area (Å²) < 4.78 is 17.8. The first-order valence-electron chi connectivity index (χ1n) is 10.2. The number of allylic oxidation sites excluding steroid dienone is 1. The zero-order valence-electron chi connectivity index (χ0n) is 18.1. The topological polar surface area (TPSA) is 133 Å². The summed E-state index contributed by atoms with van der Waals surface area (Å²) in [5, 5.41) is 29.6. The Morgan fingerprint density at radius 2 is 2.16 bits per heavy atom. The lowest BCUT2D eigenvalue weighted by Crippen LogP contribution is -2.47. The van der Waals surface area contributed by atoms with Gasteiger partial charge in [0.15, 0.2) is 11.5 Å². The van der Waals surface area contributed by atoms with E-state index in [-0.39, 0.29) is 22.2 Å². The van der Waals surface area contributed by atoms with Crippen molar-refractivity contribution in [3.8, 4) is 5.13 Å². The second kappa shape index (κ2) is 9.27. The number of methoxy groups -OCH3 is 2. The number of aliphatic hydroxyl groups is 1. The Morgan fingerprint density at radius 1 is 1.38 bits per heavy atom. The van der Waals surface area contributed by atoms with Crippen molar-refractivity contribution in [1.82, 2.24) is 25.3 Å². The smallest absolute Gasteiger partial charge is 0.292 e. The zero-order valence-corrected chi connectivity index (χ0v) is 18.9. The van der Waals surface area contributed by atoms with Crippen molar-refractivity contribution < 1.29 is 24.1 Å². The van der Waals surface area contributed by atoms with Gasteiger partial charge in [0.2, 0.25) is 10.3 Å². The number of hydrogen-bond donors (Lipinski definition) is 3. The molecule has 0 aromatic carbocycles. The first kappa shape index (κ1) is 22.2. The van der Waals surface area contributed by atoms with Gasteiger partial charge in [-0.1, -0.05) is 24.2 Å². The minimum Gasteiger partial charge on any atom is -0.493 e. The van der Waals surface area contributed by atoms with Crippen LogP contribution in [0.1, 0.15) is 31.4 Å². The summed E-state index contributed by atoms with van der Waals surface area (Å²) in [5.74, 6) is -0.430. The zero-order chi connectivity index (χ0) is 22.7. The number of amides is 1. The van der Waals surface area contributed by atoms with Gasteiger partial charge >= 0.3 is 0 Å². The van der Waals surface area contributed by atoms with E-state index in [1.165, 1.54) is 24.5 Å². The third-order valence-electron chi connectivity index (χ3n) is 5.48. The fourth-order valence-corrected chi connectivity index (χ4v) is 4.73. The van der Waals surface area contributed by atoms with E-state index in [0.717, 1.165) is 31.4 Å². The van der Waals surface area contributed by atoms with Crippen LogP contribution in [0.5, 0.6) is 0 Å².